The lowest BCUT2D eigenvalue weighted by atomic mass is 9.92. The molecular weight excluding hydrogens is 276 g/mol. The number of H-pyrrole nitrogens is 1. The predicted octanol–water partition coefficient (Wildman–Crippen LogP) is 2.28. The first-order chi connectivity index (χ1) is 10.8. The lowest BCUT2D eigenvalue weighted by Crippen LogP contribution is -2.56. The minimum atomic E-state index is 0.139. The number of likely N-dealkylation sites (tertiary alicyclic amines) is 2. The monoisotopic (exact) mass is 302 g/mol. The maximum absolute atomic E-state index is 12.8. The number of aromatic amines is 1. The van der Waals surface area contributed by atoms with E-state index in [0.29, 0.717) is 17.8 Å². The van der Waals surface area contributed by atoms with Crippen molar-refractivity contribution in [3.63, 3.8) is 0 Å². The van der Waals surface area contributed by atoms with Crippen LogP contribution in [0.3, 0.4) is 0 Å². The molecule has 3 fully saturated rings. The highest BCUT2D eigenvalue weighted by Gasteiger charge is 2.40. The average molecular weight is 302 g/mol. The molecule has 0 unspecified atom stereocenters. The van der Waals surface area contributed by atoms with Crippen LogP contribution in [-0.2, 0) is 0 Å². The molecule has 1 amide bonds. The largest absolute Gasteiger partial charge is 0.341 e. The number of imidazole rings is 1. The number of piperidine rings is 1. The topological polar surface area (TPSA) is 52.2 Å². The van der Waals surface area contributed by atoms with E-state index >= 15 is 0 Å². The first kappa shape index (κ1) is 14.2. The lowest BCUT2D eigenvalue weighted by Gasteiger charge is -2.45. The first-order valence-electron chi connectivity index (χ1n) is 8.86. The first-order valence-corrected chi connectivity index (χ1v) is 8.86. The molecular formula is C17H26N4O. The van der Waals surface area contributed by atoms with Gasteiger partial charge >= 0.3 is 0 Å². The van der Waals surface area contributed by atoms with Gasteiger partial charge in [-0.05, 0) is 51.0 Å². The van der Waals surface area contributed by atoms with Gasteiger partial charge in [0.05, 0.1) is 12.5 Å². The highest BCUT2D eigenvalue weighted by atomic mass is 16.2. The van der Waals surface area contributed by atoms with Crippen LogP contribution in [0.15, 0.2) is 12.5 Å². The Morgan fingerprint density at radius 2 is 2.00 bits per heavy atom. The van der Waals surface area contributed by atoms with E-state index in [1.165, 1.54) is 45.2 Å². The fraction of sp³-hybridized carbons (Fsp3) is 0.765. The summed E-state index contributed by atoms with van der Waals surface area (Å²) in [6.07, 6.45) is 12.1. The quantitative estimate of drug-likeness (QED) is 0.932. The molecule has 0 aromatic carbocycles. The summed E-state index contributed by atoms with van der Waals surface area (Å²) in [6.45, 7) is 3.38. The minimum absolute atomic E-state index is 0.139. The number of rotatable bonds is 3. The summed E-state index contributed by atoms with van der Waals surface area (Å²) in [5, 5.41) is 0. The number of nitrogens with zero attached hydrogens (tertiary/aromatic N) is 3. The highest BCUT2D eigenvalue weighted by Crippen LogP contribution is 2.35. The van der Waals surface area contributed by atoms with Crippen molar-refractivity contribution in [3.8, 4) is 0 Å². The van der Waals surface area contributed by atoms with E-state index in [9.17, 15) is 4.79 Å². The molecule has 4 rings (SSSR count). The molecule has 3 aliphatic rings. The Hall–Kier alpha value is -1.36. The summed E-state index contributed by atoms with van der Waals surface area (Å²) in [5.74, 6) is 1.07. The minimum Gasteiger partial charge on any atom is -0.341 e. The van der Waals surface area contributed by atoms with Crippen molar-refractivity contribution in [2.75, 3.05) is 19.6 Å². The van der Waals surface area contributed by atoms with Gasteiger partial charge in [-0.25, -0.2) is 4.98 Å². The maximum atomic E-state index is 12.8. The van der Waals surface area contributed by atoms with Crippen LogP contribution >= 0.6 is 0 Å². The zero-order valence-electron chi connectivity index (χ0n) is 13.2. The summed E-state index contributed by atoms with van der Waals surface area (Å²) in [4.78, 5) is 24.6. The zero-order valence-corrected chi connectivity index (χ0v) is 13.2. The van der Waals surface area contributed by atoms with Crippen molar-refractivity contribution in [1.29, 1.82) is 0 Å². The van der Waals surface area contributed by atoms with Crippen LogP contribution in [0.5, 0.6) is 0 Å². The van der Waals surface area contributed by atoms with Crippen LogP contribution in [0.25, 0.3) is 0 Å². The molecule has 5 nitrogen and oxygen atoms in total. The number of amides is 1. The molecule has 1 aliphatic carbocycles. The Morgan fingerprint density at radius 3 is 2.77 bits per heavy atom. The van der Waals surface area contributed by atoms with Crippen LogP contribution in [0.4, 0.5) is 0 Å². The molecule has 1 saturated carbocycles. The van der Waals surface area contributed by atoms with Crippen molar-refractivity contribution in [2.45, 2.75) is 57.0 Å². The molecule has 1 aromatic rings. The molecule has 2 atom stereocenters. The van der Waals surface area contributed by atoms with Crippen LogP contribution in [0, 0.1) is 5.92 Å². The summed E-state index contributed by atoms with van der Waals surface area (Å²) in [6, 6.07) is 0.967. The van der Waals surface area contributed by atoms with E-state index in [-0.39, 0.29) is 5.91 Å². The molecule has 120 valence electrons. The third-order valence-corrected chi connectivity index (χ3v) is 5.59. The van der Waals surface area contributed by atoms with Crippen LogP contribution in [0.1, 0.15) is 55.4 Å². The molecule has 1 N–H and O–H groups in total. The Bertz CT molecular complexity index is 511. The van der Waals surface area contributed by atoms with Gasteiger partial charge in [0.2, 0.25) is 0 Å². The summed E-state index contributed by atoms with van der Waals surface area (Å²) >= 11 is 0. The zero-order chi connectivity index (χ0) is 14.9. The fourth-order valence-corrected chi connectivity index (χ4v) is 4.28. The Morgan fingerprint density at radius 1 is 1.14 bits per heavy atom. The van der Waals surface area contributed by atoms with Gasteiger partial charge in [0, 0.05) is 25.2 Å². The molecule has 2 saturated heterocycles. The third kappa shape index (κ3) is 2.78. The summed E-state index contributed by atoms with van der Waals surface area (Å²) in [7, 11) is 0. The highest BCUT2D eigenvalue weighted by molar-refractivity contribution is 5.92. The number of fused-ring (bicyclic) bond motifs is 1. The van der Waals surface area contributed by atoms with Gasteiger partial charge in [-0.3, -0.25) is 9.69 Å². The molecule has 0 bridgehead atoms. The summed E-state index contributed by atoms with van der Waals surface area (Å²) < 4.78 is 0. The smallest absolute Gasteiger partial charge is 0.272 e. The van der Waals surface area contributed by atoms with Gasteiger partial charge < -0.3 is 9.88 Å². The van der Waals surface area contributed by atoms with Crippen LogP contribution < -0.4 is 0 Å². The van der Waals surface area contributed by atoms with Gasteiger partial charge in [0.25, 0.3) is 5.91 Å². The van der Waals surface area contributed by atoms with Gasteiger partial charge in [-0.15, -0.1) is 0 Å². The Balaban J connectivity index is 1.54. The predicted molar refractivity (Wildman–Crippen MR) is 84.6 cm³/mol. The molecule has 22 heavy (non-hydrogen) atoms. The molecule has 3 heterocycles. The van der Waals surface area contributed by atoms with Gasteiger partial charge in [0.15, 0.2) is 0 Å². The van der Waals surface area contributed by atoms with Gasteiger partial charge in [-0.1, -0.05) is 6.42 Å². The molecule has 1 aromatic heterocycles. The van der Waals surface area contributed by atoms with E-state index in [4.69, 9.17) is 0 Å². The average Bonchev–Trinajstić information content (AvgIpc) is 3.24. The van der Waals surface area contributed by atoms with E-state index in [2.05, 4.69) is 19.8 Å². The number of hydrogen-bond donors (Lipinski definition) is 1. The maximum Gasteiger partial charge on any atom is 0.272 e. The Kier molecular flexibility index (Phi) is 3.90. The number of carbonyl (C=O) groups is 1. The second kappa shape index (κ2) is 6.03. The van der Waals surface area contributed by atoms with Crippen molar-refractivity contribution in [3.05, 3.63) is 18.2 Å². The second-order valence-electron chi connectivity index (χ2n) is 7.17. The summed E-state index contributed by atoms with van der Waals surface area (Å²) in [5.41, 5.74) is 0.638. The van der Waals surface area contributed by atoms with Crippen LogP contribution in [-0.4, -0.2) is 57.4 Å². The van der Waals surface area contributed by atoms with E-state index in [1.54, 1.807) is 12.5 Å². The van der Waals surface area contributed by atoms with Gasteiger partial charge in [0.1, 0.15) is 5.69 Å². The molecule has 0 spiro atoms. The van der Waals surface area contributed by atoms with Crippen molar-refractivity contribution < 1.29 is 4.79 Å². The van der Waals surface area contributed by atoms with E-state index in [1.807, 2.05) is 0 Å². The van der Waals surface area contributed by atoms with Crippen LogP contribution in [0.2, 0.25) is 0 Å². The van der Waals surface area contributed by atoms with Crippen molar-refractivity contribution in [1.82, 2.24) is 19.8 Å². The molecule has 5 heteroatoms. The molecule has 2 aliphatic heterocycles. The number of hydrogen-bond acceptors (Lipinski definition) is 3. The fourth-order valence-electron chi connectivity index (χ4n) is 4.28. The standard InChI is InChI=1S/C17H26N4O/c22-17(14-10-18-12-19-14)21-9-3-5-15-16(21)4-1-2-8-20(15)11-13-6-7-13/h10,12-13,15-16H,1-9,11H2,(H,18,19)/t15-,16-/m1/s1. The number of aromatic nitrogens is 2. The number of nitrogens with one attached hydrogen (secondary N) is 1. The van der Waals surface area contributed by atoms with E-state index < -0.39 is 0 Å². The molecule has 0 radical (unpaired) electrons. The normalized spacial score (nSPS) is 29.9. The lowest BCUT2D eigenvalue weighted by molar-refractivity contribution is 0.0323. The third-order valence-electron chi connectivity index (χ3n) is 5.59. The van der Waals surface area contributed by atoms with Gasteiger partial charge in [-0.2, -0.15) is 0 Å². The second-order valence-corrected chi connectivity index (χ2v) is 7.17. The van der Waals surface area contributed by atoms with Crippen molar-refractivity contribution >= 4 is 5.91 Å². The van der Waals surface area contributed by atoms with E-state index in [0.717, 1.165) is 25.3 Å². The van der Waals surface area contributed by atoms with Crippen molar-refractivity contribution in [2.24, 2.45) is 5.92 Å². The Labute approximate surface area is 132 Å². The SMILES string of the molecule is O=C(c1cnc[nH]1)N1CCC[C@@H]2[C@H]1CCCCN2CC1CC1. The number of carbonyl (C=O) groups excluding carboxylic acids is 1.